The highest BCUT2D eigenvalue weighted by molar-refractivity contribution is 5.96. The van der Waals surface area contributed by atoms with Crippen molar-refractivity contribution in [3.05, 3.63) is 105 Å². The Kier molecular flexibility index (Phi) is 5.12. The van der Waals surface area contributed by atoms with Gasteiger partial charge in [-0.25, -0.2) is 0 Å². The van der Waals surface area contributed by atoms with Crippen molar-refractivity contribution >= 4 is 28.1 Å². The van der Waals surface area contributed by atoms with Crippen LogP contribution in [0.4, 0.5) is 11.4 Å². The standard InChI is InChI=1S/C20H15N3O5/c1-2-19(18-9-5-7-13-6-3-4-8-17(13)18)21-20(24)14-10-15(22(25)26)12-16(11-14)23(27)28/h2-12,19H,1H2,(H,21,24)/t19-/m0/s1. The van der Waals surface area contributed by atoms with Gasteiger partial charge >= 0.3 is 0 Å². The third-order valence-electron chi connectivity index (χ3n) is 4.27. The summed E-state index contributed by atoms with van der Waals surface area (Å²) >= 11 is 0. The fraction of sp³-hybridized carbons (Fsp3) is 0.0500. The van der Waals surface area contributed by atoms with E-state index >= 15 is 0 Å². The molecule has 3 aromatic carbocycles. The number of rotatable bonds is 6. The smallest absolute Gasteiger partial charge is 0.277 e. The molecule has 8 nitrogen and oxygen atoms in total. The summed E-state index contributed by atoms with van der Waals surface area (Å²) < 4.78 is 0. The maximum atomic E-state index is 12.7. The molecule has 0 aromatic heterocycles. The number of amides is 1. The van der Waals surface area contributed by atoms with E-state index in [-0.39, 0.29) is 5.56 Å². The molecule has 1 N–H and O–H groups in total. The van der Waals surface area contributed by atoms with Crippen LogP contribution in [0.2, 0.25) is 0 Å². The second kappa shape index (κ2) is 7.67. The zero-order valence-electron chi connectivity index (χ0n) is 14.6. The molecule has 0 saturated heterocycles. The van der Waals surface area contributed by atoms with Crippen molar-refractivity contribution in [2.75, 3.05) is 0 Å². The number of nitro benzene ring substituents is 2. The summed E-state index contributed by atoms with van der Waals surface area (Å²) in [6, 6.07) is 15.5. The number of benzene rings is 3. The minimum atomic E-state index is -0.778. The van der Waals surface area contributed by atoms with Gasteiger partial charge in [0.05, 0.1) is 27.5 Å². The summed E-state index contributed by atoms with van der Waals surface area (Å²) in [6.45, 7) is 3.75. The van der Waals surface area contributed by atoms with Gasteiger partial charge in [-0.15, -0.1) is 6.58 Å². The summed E-state index contributed by atoms with van der Waals surface area (Å²) in [6.07, 6.45) is 1.53. The molecule has 0 aliphatic heterocycles. The molecule has 0 saturated carbocycles. The Morgan fingerprint density at radius 2 is 1.57 bits per heavy atom. The molecule has 28 heavy (non-hydrogen) atoms. The first kappa shape index (κ1) is 18.7. The molecule has 0 heterocycles. The van der Waals surface area contributed by atoms with Crippen LogP contribution in [0.1, 0.15) is 22.0 Å². The van der Waals surface area contributed by atoms with Gasteiger partial charge < -0.3 is 5.32 Å². The van der Waals surface area contributed by atoms with Crippen LogP contribution in [0.3, 0.4) is 0 Å². The van der Waals surface area contributed by atoms with Crippen LogP contribution in [0.25, 0.3) is 10.8 Å². The highest BCUT2D eigenvalue weighted by Gasteiger charge is 2.22. The lowest BCUT2D eigenvalue weighted by molar-refractivity contribution is -0.394. The minimum absolute atomic E-state index is 0.173. The van der Waals surface area contributed by atoms with E-state index in [1.165, 1.54) is 6.08 Å². The molecule has 0 bridgehead atoms. The van der Waals surface area contributed by atoms with Crippen LogP contribution in [0, 0.1) is 20.2 Å². The summed E-state index contributed by atoms with van der Waals surface area (Å²) in [5.41, 5.74) is -0.436. The van der Waals surface area contributed by atoms with Gasteiger partial charge in [0.25, 0.3) is 17.3 Å². The van der Waals surface area contributed by atoms with Gasteiger partial charge in [-0.3, -0.25) is 25.0 Å². The third kappa shape index (κ3) is 3.70. The Bertz CT molecular complexity index is 1070. The first-order valence-corrected chi connectivity index (χ1v) is 8.25. The van der Waals surface area contributed by atoms with Crippen LogP contribution in [-0.4, -0.2) is 15.8 Å². The maximum absolute atomic E-state index is 12.7. The summed E-state index contributed by atoms with van der Waals surface area (Å²) in [7, 11) is 0. The number of carbonyl (C=O) groups is 1. The number of hydrogen-bond acceptors (Lipinski definition) is 5. The number of nitro groups is 2. The van der Waals surface area contributed by atoms with Crippen molar-refractivity contribution in [1.29, 1.82) is 0 Å². The second-order valence-corrected chi connectivity index (χ2v) is 6.01. The number of non-ortho nitro benzene ring substituents is 2. The van der Waals surface area contributed by atoms with Crippen molar-refractivity contribution in [2.24, 2.45) is 0 Å². The molecule has 0 aliphatic carbocycles. The van der Waals surface area contributed by atoms with Gasteiger partial charge in [-0.2, -0.15) is 0 Å². The largest absolute Gasteiger partial charge is 0.342 e. The van der Waals surface area contributed by atoms with Crippen LogP contribution < -0.4 is 5.32 Å². The van der Waals surface area contributed by atoms with Crippen LogP contribution >= 0.6 is 0 Å². The molecule has 0 fully saturated rings. The average Bonchev–Trinajstić information content (AvgIpc) is 2.71. The topological polar surface area (TPSA) is 115 Å². The second-order valence-electron chi connectivity index (χ2n) is 6.01. The van der Waals surface area contributed by atoms with Gasteiger partial charge in [-0.1, -0.05) is 48.5 Å². The fourth-order valence-electron chi connectivity index (χ4n) is 2.95. The quantitative estimate of drug-likeness (QED) is 0.390. The Hall–Kier alpha value is -4.07. The molecule has 1 amide bonds. The van der Waals surface area contributed by atoms with E-state index in [0.717, 1.165) is 34.5 Å². The van der Waals surface area contributed by atoms with E-state index < -0.39 is 33.2 Å². The van der Waals surface area contributed by atoms with Crippen molar-refractivity contribution in [3.8, 4) is 0 Å². The first-order valence-electron chi connectivity index (χ1n) is 8.25. The summed E-state index contributed by atoms with van der Waals surface area (Å²) in [5.74, 6) is -0.676. The molecule has 1 atom stereocenters. The normalized spacial score (nSPS) is 11.6. The number of hydrogen-bond donors (Lipinski definition) is 1. The Morgan fingerprint density at radius 1 is 0.964 bits per heavy atom. The van der Waals surface area contributed by atoms with Crippen molar-refractivity contribution in [3.63, 3.8) is 0 Å². The summed E-state index contributed by atoms with van der Waals surface area (Å²) in [4.78, 5) is 33.2. The number of carbonyl (C=O) groups excluding carboxylic acids is 1. The average molecular weight is 377 g/mol. The molecule has 0 unspecified atom stereocenters. The lowest BCUT2D eigenvalue weighted by Gasteiger charge is -2.17. The lowest BCUT2D eigenvalue weighted by atomic mass is 9.98. The molecule has 3 rings (SSSR count). The van der Waals surface area contributed by atoms with E-state index in [2.05, 4.69) is 11.9 Å². The van der Waals surface area contributed by atoms with Crippen LogP contribution in [-0.2, 0) is 0 Å². The number of fused-ring (bicyclic) bond motifs is 1. The van der Waals surface area contributed by atoms with Crippen molar-refractivity contribution in [2.45, 2.75) is 6.04 Å². The van der Waals surface area contributed by atoms with Crippen LogP contribution in [0.15, 0.2) is 73.3 Å². The Balaban J connectivity index is 1.98. The molecule has 8 heteroatoms. The lowest BCUT2D eigenvalue weighted by Crippen LogP contribution is -2.27. The van der Waals surface area contributed by atoms with E-state index in [1.807, 2.05) is 42.5 Å². The zero-order chi connectivity index (χ0) is 20.3. The fourth-order valence-corrected chi connectivity index (χ4v) is 2.95. The van der Waals surface area contributed by atoms with E-state index in [4.69, 9.17) is 0 Å². The van der Waals surface area contributed by atoms with Gasteiger partial charge in [0.15, 0.2) is 0 Å². The molecule has 0 radical (unpaired) electrons. The first-order chi connectivity index (χ1) is 13.4. The minimum Gasteiger partial charge on any atom is -0.342 e. The highest BCUT2D eigenvalue weighted by Crippen LogP contribution is 2.27. The SMILES string of the molecule is C=C[C@H](NC(=O)c1cc([N+](=O)[O-])cc([N+](=O)[O-])c1)c1cccc2ccccc12. The predicted octanol–water partition coefficient (Wildman–Crippen LogP) is 4.31. The molecule has 0 spiro atoms. The zero-order valence-corrected chi connectivity index (χ0v) is 14.6. The van der Waals surface area contributed by atoms with Crippen LogP contribution in [0.5, 0.6) is 0 Å². The van der Waals surface area contributed by atoms with E-state index in [0.29, 0.717) is 0 Å². The molecule has 0 aliphatic rings. The van der Waals surface area contributed by atoms with Crippen molar-refractivity contribution in [1.82, 2.24) is 5.32 Å². The van der Waals surface area contributed by atoms with Gasteiger partial charge in [-0.05, 0) is 16.3 Å². The maximum Gasteiger partial charge on any atom is 0.277 e. The molecule has 3 aromatic rings. The Labute approximate surface area is 159 Å². The predicted molar refractivity (Wildman–Crippen MR) is 104 cm³/mol. The third-order valence-corrected chi connectivity index (χ3v) is 4.27. The van der Waals surface area contributed by atoms with Gasteiger partial charge in [0, 0.05) is 12.1 Å². The molecule has 140 valence electrons. The van der Waals surface area contributed by atoms with E-state index in [1.54, 1.807) is 0 Å². The molecular formula is C20H15N3O5. The van der Waals surface area contributed by atoms with Gasteiger partial charge in [0.1, 0.15) is 0 Å². The van der Waals surface area contributed by atoms with Crippen molar-refractivity contribution < 1.29 is 14.6 Å². The summed E-state index contributed by atoms with van der Waals surface area (Å²) in [5, 5.41) is 26.7. The Morgan fingerprint density at radius 3 is 2.18 bits per heavy atom. The number of nitrogens with zero attached hydrogens (tertiary/aromatic N) is 2. The number of nitrogens with one attached hydrogen (secondary N) is 1. The van der Waals surface area contributed by atoms with E-state index in [9.17, 15) is 25.0 Å². The monoisotopic (exact) mass is 377 g/mol. The molecular weight excluding hydrogens is 362 g/mol. The highest BCUT2D eigenvalue weighted by atomic mass is 16.6. The van der Waals surface area contributed by atoms with Gasteiger partial charge in [0.2, 0.25) is 0 Å².